The second-order valence-electron chi connectivity index (χ2n) is 6.06. The summed E-state index contributed by atoms with van der Waals surface area (Å²) in [6.45, 7) is 2.11. The van der Waals surface area contributed by atoms with E-state index in [1.165, 1.54) is 16.3 Å². The minimum Gasteiger partial charge on any atom is -0.396 e. The maximum atomic E-state index is 12.8. The van der Waals surface area contributed by atoms with E-state index in [0.29, 0.717) is 29.0 Å². The number of nitrogens with zero attached hydrogens (tertiary/aromatic N) is 2. The lowest BCUT2D eigenvalue weighted by Gasteiger charge is -2.16. The van der Waals surface area contributed by atoms with Gasteiger partial charge in [0.1, 0.15) is 0 Å². The molecule has 1 amide bonds. The Labute approximate surface area is 161 Å². The third kappa shape index (κ3) is 4.56. The van der Waals surface area contributed by atoms with Crippen molar-refractivity contribution in [3.05, 3.63) is 65.0 Å². The Morgan fingerprint density at radius 2 is 1.89 bits per heavy atom. The van der Waals surface area contributed by atoms with Gasteiger partial charge in [-0.3, -0.25) is 14.2 Å². The van der Waals surface area contributed by atoms with E-state index in [9.17, 15) is 9.59 Å². The molecule has 6 nitrogen and oxygen atoms in total. The maximum Gasteiger partial charge on any atom is 0.262 e. The van der Waals surface area contributed by atoms with Gasteiger partial charge in [0.05, 0.1) is 16.2 Å². The largest absolute Gasteiger partial charge is 0.396 e. The van der Waals surface area contributed by atoms with Gasteiger partial charge in [0.15, 0.2) is 5.16 Å². The molecule has 1 atom stereocenters. The normalized spacial score (nSPS) is 12.1. The van der Waals surface area contributed by atoms with Crippen LogP contribution in [-0.2, 0) is 11.3 Å². The van der Waals surface area contributed by atoms with Crippen LogP contribution in [0.5, 0.6) is 0 Å². The molecular weight excluding hydrogens is 362 g/mol. The number of aliphatic hydroxyl groups is 1. The second kappa shape index (κ2) is 8.83. The molecule has 0 unspecified atom stereocenters. The number of hydrogen-bond acceptors (Lipinski definition) is 5. The number of hydrogen-bond donors (Lipinski definition) is 2. The fraction of sp³-hybridized carbons (Fsp3) is 0.250. The monoisotopic (exact) mass is 383 g/mol. The van der Waals surface area contributed by atoms with Crippen LogP contribution in [0.25, 0.3) is 10.9 Å². The molecule has 0 fully saturated rings. The van der Waals surface area contributed by atoms with Crippen LogP contribution in [0.1, 0.15) is 13.3 Å². The Morgan fingerprint density at radius 1 is 1.19 bits per heavy atom. The number of aliphatic hydroxyl groups excluding tert-OH is 1. The molecule has 0 aliphatic rings. The minimum absolute atomic E-state index is 0.0204. The van der Waals surface area contributed by atoms with Gasteiger partial charge in [0.25, 0.3) is 5.56 Å². The molecular formula is C20H21N3O3S. The summed E-state index contributed by atoms with van der Waals surface area (Å²) in [6, 6.07) is 16.4. The molecule has 0 aliphatic carbocycles. The summed E-state index contributed by atoms with van der Waals surface area (Å²) in [5.74, 6) is -0.165. The molecule has 0 aliphatic heterocycles. The van der Waals surface area contributed by atoms with Crippen molar-refractivity contribution in [2.75, 3.05) is 11.9 Å². The van der Waals surface area contributed by atoms with Crippen LogP contribution >= 0.6 is 11.8 Å². The summed E-state index contributed by atoms with van der Waals surface area (Å²) in [4.78, 5) is 29.9. The Kier molecular flexibility index (Phi) is 6.26. The van der Waals surface area contributed by atoms with Crippen LogP contribution in [0.4, 0.5) is 5.69 Å². The number of carbonyl (C=O) groups excluding carboxylic acids is 1. The van der Waals surface area contributed by atoms with Crippen molar-refractivity contribution in [3.63, 3.8) is 0 Å². The van der Waals surface area contributed by atoms with Crippen LogP contribution in [0.3, 0.4) is 0 Å². The van der Waals surface area contributed by atoms with E-state index in [2.05, 4.69) is 10.3 Å². The van der Waals surface area contributed by atoms with Crippen molar-refractivity contribution < 1.29 is 9.90 Å². The molecule has 0 spiro atoms. The lowest BCUT2D eigenvalue weighted by molar-refractivity contribution is -0.115. The predicted molar refractivity (Wildman–Crippen MR) is 108 cm³/mol. The van der Waals surface area contributed by atoms with E-state index < -0.39 is 5.25 Å². The van der Waals surface area contributed by atoms with Crippen molar-refractivity contribution in [1.29, 1.82) is 0 Å². The summed E-state index contributed by atoms with van der Waals surface area (Å²) in [5.41, 5.74) is 1.16. The van der Waals surface area contributed by atoms with Crippen molar-refractivity contribution in [2.24, 2.45) is 0 Å². The first kappa shape index (κ1) is 19.1. The zero-order valence-electron chi connectivity index (χ0n) is 15.0. The van der Waals surface area contributed by atoms with Gasteiger partial charge in [-0.05, 0) is 37.6 Å². The van der Waals surface area contributed by atoms with Gasteiger partial charge in [-0.15, -0.1) is 0 Å². The first-order valence-electron chi connectivity index (χ1n) is 8.73. The summed E-state index contributed by atoms with van der Waals surface area (Å²) in [6.07, 6.45) is 0.443. The molecule has 140 valence electrons. The van der Waals surface area contributed by atoms with Gasteiger partial charge < -0.3 is 10.4 Å². The number of anilines is 1. The molecule has 27 heavy (non-hydrogen) atoms. The molecule has 1 heterocycles. The number of benzene rings is 2. The van der Waals surface area contributed by atoms with Crippen LogP contribution in [0.15, 0.2) is 64.5 Å². The Balaban J connectivity index is 1.88. The predicted octanol–water partition coefficient (Wildman–Crippen LogP) is 2.90. The average Bonchev–Trinajstić information content (AvgIpc) is 2.68. The van der Waals surface area contributed by atoms with E-state index in [1.54, 1.807) is 25.1 Å². The number of thioether (sulfide) groups is 1. The lowest BCUT2D eigenvalue weighted by atomic mass is 10.2. The van der Waals surface area contributed by atoms with Gasteiger partial charge in [0, 0.05) is 18.8 Å². The first-order valence-corrected chi connectivity index (χ1v) is 9.61. The average molecular weight is 383 g/mol. The van der Waals surface area contributed by atoms with Gasteiger partial charge in [0.2, 0.25) is 5.91 Å². The van der Waals surface area contributed by atoms with Gasteiger partial charge in [-0.2, -0.15) is 0 Å². The summed E-state index contributed by atoms with van der Waals surface area (Å²) >= 11 is 1.24. The fourth-order valence-corrected chi connectivity index (χ4v) is 3.58. The quantitative estimate of drug-likeness (QED) is 0.484. The highest BCUT2D eigenvalue weighted by molar-refractivity contribution is 8.00. The standard InChI is InChI=1S/C20H21N3O3S/c1-14(18(25)21-15-8-3-2-4-9-15)27-20-22-17-11-6-5-10-16(17)19(26)23(20)12-7-13-24/h2-6,8-11,14,24H,7,12-13H2,1H3,(H,21,25)/t14-/m0/s1. The van der Waals surface area contributed by atoms with Crippen molar-refractivity contribution in [3.8, 4) is 0 Å². The number of para-hydroxylation sites is 2. The number of carbonyl (C=O) groups is 1. The fourth-order valence-electron chi connectivity index (χ4n) is 2.64. The van der Waals surface area contributed by atoms with E-state index in [0.717, 1.165) is 5.69 Å². The molecule has 0 bridgehead atoms. The van der Waals surface area contributed by atoms with E-state index in [-0.39, 0.29) is 18.1 Å². The number of nitrogens with one attached hydrogen (secondary N) is 1. The Hall–Kier alpha value is -2.64. The molecule has 3 rings (SSSR count). The topological polar surface area (TPSA) is 84.2 Å². The molecule has 2 aromatic carbocycles. The Bertz CT molecular complexity index is 989. The highest BCUT2D eigenvalue weighted by atomic mass is 32.2. The molecule has 1 aromatic heterocycles. The van der Waals surface area contributed by atoms with Crippen molar-refractivity contribution >= 4 is 34.3 Å². The van der Waals surface area contributed by atoms with Crippen LogP contribution in [-0.4, -0.2) is 32.4 Å². The van der Waals surface area contributed by atoms with E-state index >= 15 is 0 Å². The highest BCUT2D eigenvalue weighted by Gasteiger charge is 2.19. The minimum atomic E-state index is -0.446. The first-order chi connectivity index (χ1) is 13.1. The number of rotatable bonds is 7. The number of amides is 1. The highest BCUT2D eigenvalue weighted by Crippen LogP contribution is 2.23. The number of fused-ring (bicyclic) bond motifs is 1. The molecule has 0 saturated heterocycles. The zero-order chi connectivity index (χ0) is 19.2. The molecule has 0 radical (unpaired) electrons. The Morgan fingerprint density at radius 3 is 2.63 bits per heavy atom. The van der Waals surface area contributed by atoms with E-state index in [1.807, 2.05) is 36.4 Å². The van der Waals surface area contributed by atoms with Gasteiger partial charge in [-0.1, -0.05) is 42.1 Å². The molecule has 0 saturated carbocycles. The summed E-state index contributed by atoms with van der Waals surface area (Å²) in [7, 11) is 0. The van der Waals surface area contributed by atoms with Crippen molar-refractivity contribution in [1.82, 2.24) is 9.55 Å². The van der Waals surface area contributed by atoms with Crippen LogP contribution in [0.2, 0.25) is 0 Å². The third-order valence-corrected chi connectivity index (χ3v) is 5.15. The smallest absolute Gasteiger partial charge is 0.262 e. The zero-order valence-corrected chi connectivity index (χ0v) is 15.8. The van der Waals surface area contributed by atoms with Crippen LogP contribution < -0.4 is 10.9 Å². The van der Waals surface area contributed by atoms with Gasteiger partial charge in [-0.25, -0.2) is 4.98 Å². The molecule has 7 heteroatoms. The SMILES string of the molecule is C[C@H](Sc1nc2ccccc2c(=O)n1CCCO)C(=O)Nc1ccccc1. The third-order valence-electron chi connectivity index (χ3n) is 4.06. The number of aromatic nitrogens is 2. The van der Waals surface area contributed by atoms with Crippen molar-refractivity contribution in [2.45, 2.75) is 30.3 Å². The lowest BCUT2D eigenvalue weighted by Crippen LogP contribution is -2.27. The summed E-state index contributed by atoms with van der Waals surface area (Å²) < 4.78 is 1.54. The van der Waals surface area contributed by atoms with E-state index in [4.69, 9.17) is 5.11 Å². The maximum absolute atomic E-state index is 12.8. The van der Waals surface area contributed by atoms with Crippen LogP contribution in [0, 0.1) is 0 Å². The second-order valence-corrected chi connectivity index (χ2v) is 7.37. The van der Waals surface area contributed by atoms with Gasteiger partial charge >= 0.3 is 0 Å². The molecule has 2 N–H and O–H groups in total. The molecule has 3 aromatic rings. The summed E-state index contributed by atoms with van der Waals surface area (Å²) in [5, 5.41) is 12.6.